The van der Waals surface area contributed by atoms with Crippen LogP contribution in [0.1, 0.15) is 22.5 Å². The second-order valence-corrected chi connectivity index (χ2v) is 6.04. The van der Waals surface area contributed by atoms with Crippen molar-refractivity contribution in [1.82, 2.24) is 14.9 Å². The topological polar surface area (TPSA) is 82.4 Å². The van der Waals surface area contributed by atoms with Gasteiger partial charge in [-0.2, -0.15) is 5.26 Å². The zero-order chi connectivity index (χ0) is 17.8. The van der Waals surface area contributed by atoms with Crippen LogP contribution in [-0.2, 0) is 0 Å². The minimum atomic E-state index is -0.144. The molecule has 0 aliphatic carbocycles. The van der Waals surface area contributed by atoms with E-state index >= 15 is 0 Å². The number of likely N-dealkylation sites (tertiary alicyclic amines) is 1. The Bertz CT molecular complexity index is 798. The molecular formula is C18H19N5O2. The van der Waals surface area contributed by atoms with Crippen molar-refractivity contribution < 1.29 is 9.53 Å². The van der Waals surface area contributed by atoms with Crippen molar-refractivity contribution in [3.8, 4) is 11.8 Å². The first-order valence-corrected chi connectivity index (χ1v) is 8.03. The van der Waals surface area contributed by atoms with Crippen molar-refractivity contribution in [2.24, 2.45) is 0 Å². The van der Waals surface area contributed by atoms with Crippen LogP contribution in [0.15, 0.2) is 36.7 Å². The maximum Gasteiger partial charge on any atom is 0.272 e. The number of carbonyl (C=O) groups excluding carboxylic acids is 1. The number of hydrogen-bond donors (Lipinski definition) is 0. The molecule has 1 aliphatic heterocycles. The van der Waals surface area contributed by atoms with Crippen molar-refractivity contribution in [1.29, 1.82) is 5.26 Å². The molecule has 3 rings (SSSR count). The van der Waals surface area contributed by atoms with Crippen molar-refractivity contribution >= 4 is 11.7 Å². The third kappa shape index (κ3) is 3.69. The van der Waals surface area contributed by atoms with Crippen LogP contribution in [0, 0.1) is 11.3 Å². The monoisotopic (exact) mass is 337 g/mol. The van der Waals surface area contributed by atoms with Gasteiger partial charge in [0.05, 0.1) is 12.1 Å². The van der Waals surface area contributed by atoms with Crippen LogP contribution >= 0.6 is 0 Å². The first kappa shape index (κ1) is 16.7. The molecule has 7 heteroatoms. The summed E-state index contributed by atoms with van der Waals surface area (Å²) >= 11 is 0. The zero-order valence-corrected chi connectivity index (χ0v) is 14.2. The minimum Gasteiger partial charge on any atom is -0.485 e. The number of nitrogens with zero attached hydrogens (tertiary/aromatic N) is 5. The molecule has 2 aromatic heterocycles. The number of hydrogen-bond acceptors (Lipinski definition) is 6. The highest BCUT2D eigenvalue weighted by Gasteiger charge is 2.29. The average Bonchev–Trinajstić information content (AvgIpc) is 3.10. The lowest BCUT2D eigenvalue weighted by molar-refractivity contribution is 0.0766. The largest absolute Gasteiger partial charge is 0.485 e. The van der Waals surface area contributed by atoms with Crippen LogP contribution in [0.3, 0.4) is 0 Å². The van der Waals surface area contributed by atoms with E-state index in [0.29, 0.717) is 30.1 Å². The van der Waals surface area contributed by atoms with Crippen molar-refractivity contribution in [3.05, 3.63) is 47.9 Å². The Hall–Kier alpha value is -3.14. The number of nitriles is 1. The Morgan fingerprint density at radius 3 is 2.88 bits per heavy atom. The summed E-state index contributed by atoms with van der Waals surface area (Å²) in [5.74, 6) is 1.33. The van der Waals surface area contributed by atoms with Gasteiger partial charge in [0.25, 0.3) is 5.91 Å². The van der Waals surface area contributed by atoms with Gasteiger partial charge in [-0.25, -0.2) is 9.97 Å². The summed E-state index contributed by atoms with van der Waals surface area (Å²) in [5.41, 5.74) is 0.780. The standard InChI is InChI=1S/C18H19N5O2/c1-22(2)17-16(4-3-8-20-17)25-14-7-9-23(12-14)18(24)15-6-5-13(10-19)11-21-15/h3-6,8,11,14H,7,9,12H2,1-2H3/t14-/m0/s1. The Balaban J connectivity index is 1.65. The fourth-order valence-electron chi connectivity index (χ4n) is 2.75. The molecule has 25 heavy (non-hydrogen) atoms. The van der Waals surface area contributed by atoms with Gasteiger partial charge in [-0.05, 0) is 24.3 Å². The molecule has 0 N–H and O–H groups in total. The third-order valence-corrected chi connectivity index (χ3v) is 4.01. The van der Waals surface area contributed by atoms with Gasteiger partial charge in [-0.3, -0.25) is 4.79 Å². The number of pyridine rings is 2. The molecule has 0 saturated carbocycles. The van der Waals surface area contributed by atoms with Gasteiger partial charge in [0.1, 0.15) is 17.9 Å². The average molecular weight is 337 g/mol. The predicted octanol–water partition coefficient (Wildman–Crippen LogP) is 1.71. The Labute approximate surface area is 146 Å². The lowest BCUT2D eigenvalue weighted by Crippen LogP contribution is -2.31. The van der Waals surface area contributed by atoms with Gasteiger partial charge in [0, 0.05) is 39.5 Å². The van der Waals surface area contributed by atoms with Crippen LogP contribution in [0.2, 0.25) is 0 Å². The van der Waals surface area contributed by atoms with E-state index in [1.54, 1.807) is 23.2 Å². The van der Waals surface area contributed by atoms with E-state index in [2.05, 4.69) is 9.97 Å². The van der Waals surface area contributed by atoms with Crippen molar-refractivity contribution in [2.45, 2.75) is 12.5 Å². The Morgan fingerprint density at radius 1 is 1.36 bits per heavy atom. The van der Waals surface area contributed by atoms with Crippen molar-refractivity contribution in [2.75, 3.05) is 32.1 Å². The van der Waals surface area contributed by atoms with E-state index in [1.807, 2.05) is 37.2 Å². The van der Waals surface area contributed by atoms with Gasteiger partial charge in [0.15, 0.2) is 11.6 Å². The number of ether oxygens (including phenoxy) is 1. The van der Waals surface area contributed by atoms with Crippen LogP contribution in [0.4, 0.5) is 5.82 Å². The summed E-state index contributed by atoms with van der Waals surface area (Å²) in [6.45, 7) is 1.12. The number of carbonyl (C=O) groups is 1. The Kier molecular flexibility index (Phi) is 4.80. The number of rotatable bonds is 4. The Morgan fingerprint density at radius 2 is 2.20 bits per heavy atom. The minimum absolute atomic E-state index is 0.0785. The van der Waals surface area contributed by atoms with E-state index < -0.39 is 0 Å². The van der Waals surface area contributed by atoms with Crippen LogP contribution in [0.5, 0.6) is 5.75 Å². The van der Waals surface area contributed by atoms with Gasteiger partial charge in [-0.15, -0.1) is 0 Å². The molecule has 1 fully saturated rings. The van der Waals surface area contributed by atoms with Crippen LogP contribution in [-0.4, -0.2) is 54.1 Å². The van der Waals surface area contributed by atoms with Crippen molar-refractivity contribution in [3.63, 3.8) is 0 Å². The third-order valence-electron chi connectivity index (χ3n) is 4.01. The normalized spacial score (nSPS) is 16.4. The van der Waals surface area contributed by atoms with E-state index in [9.17, 15) is 4.79 Å². The predicted molar refractivity (Wildman–Crippen MR) is 92.5 cm³/mol. The molecule has 0 spiro atoms. The smallest absolute Gasteiger partial charge is 0.272 e. The maximum atomic E-state index is 12.5. The quantitative estimate of drug-likeness (QED) is 0.845. The fourth-order valence-corrected chi connectivity index (χ4v) is 2.75. The van der Waals surface area contributed by atoms with Crippen LogP contribution < -0.4 is 9.64 Å². The zero-order valence-electron chi connectivity index (χ0n) is 14.2. The summed E-state index contributed by atoms with van der Waals surface area (Å²) < 4.78 is 6.06. The van der Waals surface area contributed by atoms with E-state index in [1.165, 1.54) is 6.20 Å². The second-order valence-electron chi connectivity index (χ2n) is 6.04. The molecule has 0 radical (unpaired) electrons. The molecule has 128 valence electrons. The summed E-state index contributed by atoms with van der Waals surface area (Å²) in [6.07, 6.45) is 3.81. The van der Waals surface area contributed by atoms with E-state index in [-0.39, 0.29) is 12.0 Å². The van der Waals surface area contributed by atoms with Crippen LogP contribution in [0.25, 0.3) is 0 Å². The molecule has 0 unspecified atom stereocenters. The number of amides is 1. The van der Waals surface area contributed by atoms with Gasteiger partial charge >= 0.3 is 0 Å². The van der Waals surface area contributed by atoms with E-state index in [4.69, 9.17) is 10.00 Å². The highest BCUT2D eigenvalue weighted by molar-refractivity contribution is 5.92. The lowest BCUT2D eigenvalue weighted by atomic mass is 10.2. The molecule has 1 aliphatic rings. The lowest BCUT2D eigenvalue weighted by Gasteiger charge is -2.20. The molecule has 1 amide bonds. The fraction of sp³-hybridized carbons (Fsp3) is 0.333. The molecule has 0 bridgehead atoms. The molecule has 1 saturated heterocycles. The molecule has 0 aromatic carbocycles. The van der Waals surface area contributed by atoms with E-state index in [0.717, 1.165) is 12.2 Å². The summed E-state index contributed by atoms with van der Waals surface area (Å²) in [5, 5.41) is 8.80. The van der Waals surface area contributed by atoms with Gasteiger partial charge in [-0.1, -0.05) is 0 Å². The highest BCUT2D eigenvalue weighted by Crippen LogP contribution is 2.27. The van der Waals surface area contributed by atoms with Gasteiger partial charge < -0.3 is 14.5 Å². The SMILES string of the molecule is CN(C)c1ncccc1O[C@H]1CCN(C(=O)c2ccc(C#N)cn2)C1. The summed E-state index contributed by atoms with van der Waals surface area (Å²) in [6, 6.07) is 8.90. The summed E-state index contributed by atoms with van der Waals surface area (Å²) in [7, 11) is 3.83. The molecular weight excluding hydrogens is 318 g/mol. The molecule has 1 atom stereocenters. The molecule has 3 heterocycles. The first-order valence-electron chi connectivity index (χ1n) is 8.03. The van der Waals surface area contributed by atoms with Gasteiger partial charge in [0.2, 0.25) is 0 Å². The second kappa shape index (κ2) is 7.18. The highest BCUT2D eigenvalue weighted by atomic mass is 16.5. The molecule has 7 nitrogen and oxygen atoms in total. The number of aromatic nitrogens is 2. The maximum absolute atomic E-state index is 12.5. The summed E-state index contributed by atoms with van der Waals surface area (Å²) in [4.78, 5) is 24.5. The number of anilines is 1. The molecule has 2 aromatic rings. The first-order chi connectivity index (χ1) is 12.1.